The number of nitrogen functional groups attached to an aromatic ring is 1. The van der Waals surface area contributed by atoms with Crippen LogP contribution in [-0.2, 0) is 22.0 Å². The number of esters is 1. The Balaban J connectivity index is 1.71. The first-order valence-electron chi connectivity index (χ1n) is 9.36. The summed E-state index contributed by atoms with van der Waals surface area (Å²) in [4.78, 5) is 12.5. The second-order valence-electron chi connectivity index (χ2n) is 8.66. The van der Waals surface area contributed by atoms with Crippen molar-refractivity contribution in [2.45, 2.75) is 57.8 Å². The molecule has 0 unspecified atom stereocenters. The summed E-state index contributed by atoms with van der Waals surface area (Å²) in [5, 5.41) is 0. The third-order valence-corrected chi connectivity index (χ3v) is 5.69. The summed E-state index contributed by atoms with van der Waals surface area (Å²) in [7, 11) is 0. The fourth-order valence-electron chi connectivity index (χ4n) is 3.74. The number of hydrogen-bond acceptors (Lipinski definition) is 3. The molecule has 3 heteroatoms. The summed E-state index contributed by atoms with van der Waals surface area (Å²) in [5.41, 5.74) is 11.1. The van der Waals surface area contributed by atoms with Crippen molar-refractivity contribution in [3.8, 4) is 0 Å². The lowest BCUT2D eigenvalue weighted by molar-refractivity contribution is 0.0509. The molecule has 2 aromatic carbocycles. The SMILES string of the molecule is CC1(C)CCC(C)(C)c2cc(C(=O)OCCc3ccc(N)cc3)ccc21. The van der Waals surface area contributed by atoms with Crippen molar-refractivity contribution < 1.29 is 9.53 Å². The van der Waals surface area contributed by atoms with Gasteiger partial charge in [-0.3, -0.25) is 0 Å². The maximum atomic E-state index is 12.5. The molecule has 0 aromatic heterocycles. The van der Waals surface area contributed by atoms with E-state index >= 15 is 0 Å². The zero-order valence-corrected chi connectivity index (χ0v) is 16.3. The molecule has 0 radical (unpaired) electrons. The minimum absolute atomic E-state index is 0.0884. The smallest absolute Gasteiger partial charge is 0.338 e. The van der Waals surface area contributed by atoms with Crippen LogP contribution >= 0.6 is 0 Å². The van der Waals surface area contributed by atoms with E-state index < -0.39 is 0 Å². The average molecular weight is 351 g/mol. The van der Waals surface area contributed by atoms with E-state index in [1.54, 1.807) is 0 Å². The van der Waals surface area contributed by atoms with Gasteiger partial charge >= 0.3 is 5.97 Å². The van der Waals surface area contributed by atoms with Crippen LogP contribution in [0, 0.1) is 0 Å². The van der Waals surface area contributed by atoms with Crippen LogP contribution in [0.25, 0.3) is 0 Å². The summed E-state index contributed by atoms with van der Waals surface area (Å²) in [6.07, 6.45) is 2.98. The second-order valence-corrected chi connectivity index (χ2v) is 8.66. The predicted octanol–water partition coefficient (Wildman–Crippen LogP) is 5.02. The van der Waals surface area contributed by atoms with E-state index in [1.165, 1.54) is 17.5 Å². The van der Waals surface area contributed by atoms with Gasteiger partial charge in [0.15, 0.2) is 0 Å². The van der Waals surface area contributed by atoms with E-state index in [1.807, 2.05) is 36.4 Å². The van der Waals surface area contributed by atoms with Crippen molar-refractivity contribution in [2.24, 2.45) is 0 Å². The van der Waals surface area contributed by atoms with Crippen LogP contribution in [0.1, 0.15) is 67.6 Å². The lowest BCUT2D eigenvalue weighted by Crippen LogP contribution is -2.34. The Morgan fingerprint density at radius 3 is 2.23 bits per heavy atom. The maximum Gasteiger partial charge on any atom is 0.338 e. The normalized spacial score (nSPS) is 17.4. The van der Waals surface area contributed by atoms with Gasteiger partial charge in [0.05, 0.1) is 12.2 Å². The fourth-order valence-corrected chi connectivity index (χ4v) is 3.74. The fraction of sp³-hybridized carbons (Fsp3) is 0.435. The number of rotatable bonds is 4. The molecule has 0 atom stereocenters. The van der Waals surface area contributed by atoms with E-state index in [0.29, 0.717) is 18.6 Å². The zero-order chi connectivity index (χ0) is 18.9. The summed E-state index contributed by atoms with van der Waals surface area (Å²) >= 11 is 0. The standard InChI is InChI=1S/C23H29NO2/c1-22(2)12-13-23(3,4)20-15-17(7-10-19(20)22)21(25)26-14-11-16-5-8-18(24)9-6-16/h5-10,15H,11-14,24H2,1-4H3. The van der Waals surface area contributed by atoms with E-state index in [0.717, 1.165) is 17.7 Å². The highest BCUT2D eigenvalue weighted by Crippen LogP contribution is 2.45. The average Bonchev–Trinajstić information content (AvgIpc) is 2.60. The lowest BCUT2D eigenvalue weighted by atomic mass is 9.63. The van der Waals surface area contributed by atoms with Gasteiger partial charge in [-0.25, -0.2) is 4.79 Å². The van der Waals surface area contributed by atoms with Gasteiger partial charge in [0.2, 0.25) is 0 Å². The number of benzene rings is 2. The number of nitrogens with two attached hydrogens (primary N) is 1. The molecule has 1 aliphatic carbocycles. The van der Waals surface area contributed by atoms with Gasteiger partial charge in [0.25, 0.3) is 0 Å². The molecule has 0 spiro atoms. The Kier molecular flexibility index (Phi) is 4.83. The van der Waals surface area contributed by atoms with Crippen molar-refractivity contribution >= 4 is 11.7 Å². The summed E-state index contributed by atoms with van der Waals surface area (Å²) < 4.78 is 5.50. The minimum Gasteiger partial charge on any atom is -0.462 e. The quantitative estimate of drug-likeness (QED) is 0.622. The Morgan fingerprint density at radius 1 is 0.962 bits per heavy atom. The van der Waals surface area contributed by atoms with Crippen LogP contribution in [0.3, 0.4) is 0 Å². The molecular weight excluding hydrogens is 322 g/mol. The van der Waals surface area contributed by atoms with E-state index in [2.05, 4.69) is 33.8 Å². The highest BCUT2D eigenvalue weighted by molar-refractivity contribution is 5.90. The van der Waals surface area contributed by atoms with Crippen molar-refractivity contribution in [3.05, 3.63) is 64.7 Å². The second kappa shape index (κ2) is 6.79. The lowest BCUT2D eigenvalue weighted by Gasteiger charge is -2.41. The summed E-state index contributed by atoms with van der Waals surface area (Å²) in [5.74, 6) is -0.248. The molecule has 0 fully saturated rings. The predicted molar refractivity (Wildman–Crippen MR) is 107 cm³/mol. The van der Waals surface area contributed by atoms with Crippen molar-refractivity contribution in [2.75, 3.05) is 12.3 Å². The molecule has 0 amide bonds. The number of anilines is 1. The number of fused-ring (bicyclic) bond motifs is 1. The Hall–Kier alpha value is -2.29. The third kappa shape index (κ3) is 3.77. The number of carbonyl (C=O) groups is 1. The molecule has 0 heterocycles. The monoisotopic (exact) mass is 351 g/mol. The van der Waals surface area contributed by atoms with E-state index in [9.17, 15) is 4.79 Å². The Bertz CT molecular complexity index is 803. The summed E-state index contributed by atoms with van der Waals surface area (Å²) in [6, 6.07) is 13.7. The minimum atomic E-state index is -0.248. The summed E-state index contributed by atoms with van der Waals surface area (Å²) in [6.45, 7) is 9.46. The van der Waals surface area contributed by atoms with Crippen molar-refractivity contribution in [3.63, 3.8) is 0 Å². The number of ether oxygens (including phenoxy) is 1. The van der Waals surface area contributed by atoms with E-state index in [4.69, 9.17) is 10.5 Å². The molecule has 0 bridgehead atoms. The molecule has 0 saturated carbocycles. The zero-order valence-electron chi connectivity index (χ0n) is 16.3. The Labute approximate surface area is 156 Å². The molecule has 0 saturated heterocycles. The molecule has 26 heavy (non-hydrogen) atoms. The van der Waals surface area contributed by atoms with Gasteiger partial charge in [0, 0.05) is 12.1 Å². The molecule has 0 aliphatic heterocycles. The van der Waals surface area contributed by atoms with Crippen molar-refractivity contribution in [1.29, 1.82) is 0 Å². The highest BCUT2D eigenvalue weighted by Gasteiger charge is 2.37. The molecule has 2 aromatic rings. The van der Waals surface area contributed by atoms with Gasteiger partial charge in [0.1, 0.15) is 0 Å². The maximum absolute atomic E-state index is 12.5. The highest BCUT2D eigenvalue weighted by atomic mass is 16.5. The van der Waals surface area contributed by atoms with Gasteiger partial charge in [-0.2, -0.15) is 0 Å². The molecule has 138 valence electrons. The topological polar surface area (TPSA) is 52.3 Å². The van der Waals surface area contributed by atoms with Gasteiger partial charge < -0.3 is 10.5 Å². The van der Waals surface area contributed by atoms with Crippen molar-refractivity contribution in [1.82, 2.24) is 0 Å². The molecule has 3 rings (SSSR count). The van der Waals surface area contributed by atoms with Crippen LogP contribution < -0.4 is 5.73 Å². The first-order valence-corrected chi connectivity index (χ1v) is 9.36. The largest absolute Gasteiger partial charge is 0.462 e. The molecule has 3 nitrogen and oxygen atoms in total. The van der Waals surface area contributed by atoms with Crippen LogP contribution in [0.4, 0.5) is 5.69 Å². The van der Waals surface area contributed by atoms with Gasteiger partial charge in [-0.05, 0) is 64.6 Å². The van der Waals surface area contributed by atoms with Crippen LogP contribution in [0.15, 0.2) is 42.5 Å². The number of hydrogen-bond donors (Lipinski definition) is 1. The molecular formula is C23H29NO2. The Morgan fingerprint density at radius 2 is 1.58 bits per heavy atom. The van der Waals surface area contributed by atoms with Gasteiger partial charge in [-0.1, -0.05) is 45.9 Å². The molecule has 1 aliphatic rings. The first-order chi connectivity index (χ1) is 12.2. The number of carbonyl (C=O) groups excluding carboxylic acids is 1. The van der Waals surface area contributed by atoms with Crippen LogP contribution in [0.2, 0.25) is 0 Å². The van der Waals surface area contributed by atoms with Gasteiger partial charge in [-0.15, -0.1) is 0 Å². The first kappa shape index (κ1) is 18.5. The third-order valence-electron chi connectivity index (χ3n) is 5.69. The van der Waals surface area contributed by atoms with E-state index in [-0.39, 0.29) is 16.8 Å². The van der Waals surface area contributed by atoms with Crippen LogP contribution in [0.5, 0.6) is 0 Å². The van der Waals surface area contributed by atoms with Crippen LogP contribution in [-0.4, -0.2) is 12.6 Å². The molecule has 2 N–H and O–H groups in total.